The Balaban J connectivity index is 3.30. The van der Waals surface area contributed by atoms with Gasteiger partial charge in [0.1, 0.15) is 11.8 Å². The fourth-order valence-corrected chi connectivity index (χ4v) is 1.96. The Labute approximate surface area is 116 Å². The Morgan fingerprint density at radius 3 is 2.40 bits per heavy atom. The zero-order valence-electron chi connectivity index (χ0n) is 11.7. The number of rotatable bonds is 7. The minimum Gasteiger partial charge on any atom is -0.494 e. The topological polar surface area (TPSA) is 21.3 Å². The Morgan fingerprint density at radius 2 is 1.90 bits per heavy atom. The van der Waals surface area contributed by atoms with E-state index in [4.69, 9.17) is 4.74 Å². The highest BCUT2D eigenvalue weighted by Crippen LogP contribution is 2.40. The lowest BCUT2D eigenvalue weighted by atomic mass is 9.97. The fraction of sp³-hybridized carbons (Fsp3) is 0.571. The van der Waals surface area contributed by atoms with Crippen LogP contribution in [0.25, 0.3) is 0 Å². The van der Waals surface area contributed by atoms with Gasteiger partial charge in [0.15, 0.2) is 0 Å². The summed E-state index contributed by atoms with van der Waals surface area (Å²) >= 11 is 0. The molecule has 2 nitrogen and oxygen atoms in total. The number of halogens is 4. The summed E-state index contributed by atoms with van der Waals surface area (Å²) in [4.78, 5) is 0. The van der Waals surface area contributed by atoms with Gasteiger partial charge in [0.25, 0.3) is 0 Å². The Hall–Kier alpha value is -1.30. The van der Waals surface area contributed by atoms with Gasteiger partial charge in [-0.15, -0.1) is 0 Å². The highest BCUT2D eigenvalue weighted by molar-refractivity contribution is 5.40. The second-order valence-corrected chi connectivity index (χ2v) is 4.44. The number of ether oxygens (including phenoxy) is 1. The molecule has 114 valence electrons. The van der Waals surface area contributed by atoms with Gasteiger partial charge in [-0.3, -0.25) is 0 Å². The zero-order chi connectivity index (χ0) is 15.3. The van der Waals surface area contributed by atoms with Crippen LogP contribution < -0.4 is 10.1 Å². The van der Waals surface area contributed by atoms with E-state index in [-0.39, 0.29) is 24.5 Å². The van der Waals surface area contributed by atoms with E-state index in [9.17, 15) is 17.6 Å². The molecule has 1 N–H and O–H groups in total. The Kier molecular flexibility index (Phi) is 5.80. The second kappa shape index (κ2) is 6.92. The molecule has 0 radical (unpaired) electrons. The summed E-state index contributed by atoms with van der Waals surface area (Å²) in [5, 5.41) is 2.44. The molecular formula is C14H19F4NO. The van der Waals surface area contributed by atoms with Crippen molar-refractivity contribution in [3.8, 4) is 5.75 Å². The van der Waals surface area contributed by atoms with Crippen molar-refractivity contribution in [3.63, 3.8) is 0 Å². The SMILES string of the molecule is CCNC(c1cc(C)ccc1OCC)C(F)(F)C(F)F. The van der Waals surface area contributed by atoms with Crippen LogP contribution in [0.5, 0.6) is 5.75 Å². The quantitative estimate of drug-likeness (QED) is 0.769. The summed E-state index contributed by atoms with van der Waals surface area (Å²) in [5.74, 6) is -3.97. The third-order valence-corrected chi connectivity index (χ3v) is 2.86. The molecule has 6 heteroatoms. The number of aryl methyl sites for hydroxylation is 1. The largest absolute Gasteiger partial charge is 0.494 e. The predicted octanol–water partition coefficient (Wildman–Crippen LogP) is 3.94. The van der Waals surface area contributed by atoms with Crippen LogP contribution in [0.2, 0.25) is 0 Å². The Morgan fingerprint density at radius 1 is 1.25 bits per heavy atom. The molecule has 20 heavy (non-hydrogen) atoms. The molecule has 0 aliphatic carbocycles. The third kappa shape index (κ3) is 3.62. The van der Waals surface area contributed by atoms with Gasteiger partial charge in [0, 0.05) is 5.56 Å². The van der Waals surface area contributed by atoms with Crippen molar-refractivity contribution < 1.29 is 22.3 Å². The smallest absolute Gasteiger partial charge is 0.326 e. The molecule has 0 aromatic heterocycles. The minimum atomic E-state index is -4.17. The van der Waals surface area contributed by atoms with Gasteiger partial charge in [0.2, 0.25) is 0 Å². The summed E-state index contributed by atoms with van der Waals surface area (Å²) in [6.07, 6.45) is -3.75. The van der Waals surface area contributed by atoms with Crippen molar-refractivity contribution >= 4 is 0 Å². The van der Waals surface area contributed by atoms with Crippen LogP contribution in [0.1, 0.15) is 31.0 Å². The van der Waals surface area contributed by atoms with E-state index < -0.39 is 18.4 Å². The molecule has 1 rings (SSSR count). The van der Waals surface area contributed by atoms with Gasteiger partial charge in [-0.05, 0) is 26.5 Å². The van der Waals surface area contributed by atoms with Crippen molar-refractivity contribution in [1.82, 2.24) is 5.32 Å². The molecule has 0 fully saturated rings. The second-order valence-electron chi connectivity index (χ2n) is 4.44. The van der Waals surface area contributed by atoms with E-state index in [1.807, 2.05) is 0 Å². The predicted molar refractivity (Wildman–Crippen MR) is 69.7 cm³/mol. The molecule has 0 amide bonds. The standard InChI is InChI=1S/C14H19F4NO/c1-4-19-12(14(17,18)13(15)16)10-8-9(3)6-7-11(10)20-5-2/h6-8,12-13,19H,4-5H2,1-3H3. The van der Waals surface area contributed by atoms with Crippen molar-refractivity contribution in [2.45, 2.75) is 39.2 Å². The maximum Gasteiger partial charge on any atom is 0.326 e. The van der Waals surface area contributed by atoms with Crippen LogP contribution >= 0.6 is 0 Å². The fourth-order valence-electron chi connectivity index (χ4n) is 1.96. The first kappa shape index (κ1) is 16.8. The van der Waals surface area contributed by atoms with Crippen molar-refractivity contribution in [2.75, 3.05) is 13.2 Å². The van der Waals surface area contributed by atoms with Crippen LogP contribution in [0.4, 0.5) is 17.6 Å². The number of alkyl halides is 4. The monoisotopic (exact) mass is 293 g/mol. The van der Waals surface area contributed by atoms with Crippen LogP contribution in [-0.2, 0) is 0 Å². The molecule has 1 unspecified atom stereocenters. The average Bonchev–Trinajstić information content (AvgIpc) is 2.38. The van der Waals surface area contributed by atoms with E-state index in [0.717, 1.165) is 0 Å². The first-order valence-electron chi connectivity index (χ1n) is 6.47. The van der Waals surface area contributed by atoms with Gasteiger partial charge in [-0.25, -0.2) is 8.78 Å². The number of hydrogen-bond donors (Lipinski definition) is 1. The van der Waals surface area contributed by atoms with Crippen molar-refractivity contribution in [3.05, 3.63) is 29.3 Å². The molecule has 1 aromatic rings. The lowest BCUT2D eigenvalue weighted by Gasteiger charge is -2.28. The molecule has 0 bridgehead atoms. The molecule has 0 saturated carbocycles. The van der Waals surface area contributed by atoms with Crippen LogP contribution in [-0.4, -0.2) is 25.5 Å². The summed E-state index contributed by atoms with van der Waals surface area (Å²) in [6, 6.07) is 2.89. The first-order valence-corrected chi connectivity index (χ1v) is 6.47. The first-order chi connectivity index (χ1) is 9.34. The highest BCUT2D eigenvalue weighted by atomic mass is 19.3. The molecule has 0 aliphatic rings. The van der Waals surface area contributed by atoms with Gasteiger partial charge in [0.05, 0.1) is 6.61 Å². The number of benzene rings is 1. The summed E-state index contributed by atoms with van der Waals surface area (Å²) in [6.45, 7) is 5.42. The third-order valence-electron chi connectivity index (χ3n) is 2.86. The van der Waals surface area contributed by atoms with Gasteiger partial charge < -0.3 is 10.1 Å². The average molecular weight is 293 g/mol. The van der Waals surface area contributed by atoms with Crippen LogP contribution in [0.3, 0.4) is 0 Å². The lowest BCUT2D eigenvalue weighted by molar-refractivity contribution is -0.151. The van der Waals surface area contributed by atoms with E-state index >= 15 is 0 Å². The van der Waals surface area contributed by atoms with E-state index in [1.54, 1.807) is 26.8 Å². The van der Waals surface area contributed by atoms with Crippen molar-refractivity contribution in [2.24, 2.45) is 0 Å². The van der Waals surface area contributed by atoms with E-state index in [0.29, 0.717) is 5.56 Å². The van der Waals surface area contributed by atoms with Gasteiger partial charge in [-0.1, -0.05) is 24.6 Å². The van der Waals surface area contributed by atoms with Gasteiger partial charge >= 0.3 is 12.3 Å². The molecule has 1 aromatic carbocycles. The maximum absolute atomic E-state index is 13.8. The lowest BCUT2D eigenvalue weighted by Crippen LogP contribution is -2.42. The molecule has 0 saturated heterocycles. The molecule has 0 heterocycles. The molecule has 0 aliphatic heterocycles. The summed E-state index contributed by atoms with van der Waals surface area (Å²) in [5.41, 5.74) is 0.760. The molecule has 1 atom stereocenters. The minimum absolute atomic E-state index is 0.0546. The normalized spacial score (nSPS) is 13.6. The number of hydrogen-bond acceptors (Lipinski definition) is 2. The summed E-state index contributed by atoms with van der Waals surface area (Å²) in [7, 11) is 0. The van der Waals surface area contributed by atoms with Crippen LogP contribution in [0, 0.1) is 6.92 Å². The van der Waals surface area contributed by atoms with E-state index in [1.165, 1.54) is 12.1 Å². The zero-order valence-corrected chi connectivity index (χ0v) is 11.7. The summed E-state index contributed by atoms with van der Waals surface area (Å²) < 4.78 is 58.1. The molecule has 0 spiro atoms. The van der Waals surface area contributed by atoms with Gasteiger partial charge in [-0.2, -0.15) is 8.78 Å². The maximum atomic E-state index is 13.8. The van der Waals surface area contributed by atoms with Crippen LogP contribution in [0.15, 0.2) is 18.2 Å². The highest BCUT2D eigenvalue weighted by Gasteiger charge is 2.50. The molecular weight excluding hydrogens is 274 g/mol. The van der Waals surface area contributed by atoms with Crippen molar-refractivity contribution in [1.29, 1.82) is 0 Å². The van der Waals surface area contributed by atoms with E-state index in [2.05, 4.69) is 5.32 Å². The Bertz CT molecular complexity index is 437. The number of nitrogens with one attached hydrogen (secondary N) is 1.